The molecule has 0 radical (unpaired) electrons. The monoisotopic (exact) mass is 427 g/mol. The summed E-state index contributed by atoms with van der Waals surface area (Å²) in [5.74, 6) is -0.490. The first-order valence-electron chi connectivity index (χ1n) is 10.6. The molecule has 1 aromatic carbocycles. The van der Waals surface area contributed by atoms with Crippen LogP contribution in [0.1, 0.15) is 64.5 Å². The summed E-state index contributed by atoms with van der Waals surface area (Å²) >= 11 is 1.49. The summed E-state index contributed by atoms with van der Waals surface area (Å²) in [7, 11) is 1.65. The van der Waals surface area contributed by atoms with Crippen molar-refractivity contribution in [2.24, 2.45) is 0 Å². The Hall–Kier alpha value is -2.25. The molecule has 1 aliphatic carbocycles. The molecule has 0 saturated heterocycles. The van der Waals surface area contributed by atoms with Crippen LogP contribution >= 0.6 is 11.3 Å². The summed E-state index contributed by atoms with van der Waals surface area (Å²) in [4.78, 5) is 34.8. The number of fused-ring (bicyclic) bond motifs is 1. The normalized spacial score (nSPS) is 20.3. The van der Waals surface area contributed by atoms with Crippen LogP contribution in [0.3, 0.4) is 0 Å². The molecule has 2 heterocycles. The molecule has 7 heteroatoms. The number of amides is 2. The van der Waals surface area contributed by atoms with E-state index >= 15 is 0 Å². The molecule has 30 heavy (non-hydrogen) atoms. The summed E-state index contributed by atoms with van der Waals surface area (Å²) in [6.45, 7) is 4.90. The lowest BCUT2D eigenvalue weighted by Crippen LogP contribution is -2.62. The van der Waals surface area contributed by atoms with Crippen molar-refractivity contribution in [3.05, 3.63) is 46.0 Å². The predicted molar refractivity (Wildman–Crippen MR) is 118 cm³/mol. The fraction of sp³-hybridized carbons (Fsp3) is 0.522. The molecule has 1 spiro atoms. The van der Waals surface area contributed by atoms with E-state index in [0.29, 0.717) is 23.8 Å². The maximum Gasteiger partial charge on any atom is 0.254 e. The van der Waals surface area contributed by atoms with Crippen LogP contribution < -0.4 is 5.32 Å². The van der Waals surface area contributed by atoms with E-state index < -0.39 is 11.5 Å². The van der Waals surface area contributed by atoms with Gasteiger partial charge in [-0.2, -0.15) is 0 Å². The summed E-state index contributed by atoms with van der Waals surface area (Å²) in [5, 5.41) is 3.70. The standard InChI is InChI=1S/C23H29N3O3S/c1-15-16(2)30-22(24-15)25-20(27)19-17-9-5-6-10-18(17)21(28)26(13-14-29-3)23(19)11-7-4-8-12-23/h5-6,9-10,19H,4,7-8,11-14H2,1-3H3,(H,24,25,27). The molecule has 1 atom stereocenters. The summed E-state index contributed by atoms with van der Waals surface area (Å²) in [6.07, 6.45) is 4.81. The number of hydrogen-bond donors (Lipinski definition) is 1. The van der Waals surface area contributed by atoms with E-state index in [9.17, 15) is 9.59 Å². The third-order valence-electron chi connectivity index (χ3n) is 6.58. The van der Waals surface area contributed by atoms with Gasteiger partial charge in [0.2, 0.25) is 5.91 Å². The van der Waals surface area contributed by atoms with Gasteiger partial charge in [0.05, 0.1) is 23.8 Å². The second kappa shape index (κ2) is 8.47. The topological polar surface area (TPSA) is 71.5 Å². The Bertz CT molecular complexity index is 929. The number of nitrogens with one attached hydrogen (secondary N) is 1. The Balaban J connectivity index is 1.79. The van der Waals surface area contributed by atoms with Crippen molar-refractivity contribution in [2.45, 2.75) is 57.4 Å². The highest BCUT2D eigenvalue weighted by Crippen LogP contribution is 2.49. The first-order valence-corrected chi connectivity index (χ1v) is 11.4. The minimum atomic E-state index is -0.520. The number of aromatic nitrogens is 1. The van der Waals surface area contributed by atoms with Gasteiger partial charge in [-0.25, -0.2) is 4.98 Å². The summed E-state index contributed by atoms with van der Waals surface area (Å²) < 4.78 is 5.32. The number of hydrogen-bond acceptors (Lipinski definition) is 5. The molecule has 2 aromatic rings. The van der Waals surface area contributed by atoms with E-state index in [1.54, 1.807) is 7.11 Å². The van der Waals surface area contributed by atoms with Crippen molar-refractivity contribution >= 4 is 28.3 Å². The van der Waals surface area contributed by atoms with Gasteiger partial charge in [-0.3, -0.25) is 9.59 Å². The average molecular weight is 428 g/mol. The third-order valence-corrected chi connectivity index (χ3v) is 7.57. The molecule has 0 bridgehead atoms. The van der Waals surface area contributed by atoms with Crippen LogP contribution in [0.15, 0.2) is 24.3 Å². The van der Waals surface area contributed by atoms with E-state index in [2.05, 4.69) is 10.3 Å². The van der Waals surface area contributed by atoms with Gasteiger partial charge in [0, 0.05) is 24.1 Å². The number of thiazole rings is 1. The molecule has 1 fully saturated rings. The molecule has 2 aliphatic rings. The van der Waals surface area contributed by atoms with Crippen LogP contribution in [-0.2, 0) is 9.53 Å². The zero-order valence-electron chi connectivity index (χ0n) is 17.9. The van der Waals surface area contributed by atoms with E-state index in [4.69, 9.17) is 4.74 Å². The van der Waals surface area contributed by atoms with Gasteiger partial charge in [0.25, 0.3) is 5.91 Å². The number of nitrogens with zero attached hydrogens (tertiary/aromatic N) is 2. The smallest absolute Gasteiger partial charge is 0.254 e. The Labute approximate surface area is 181 Å². The van der Waals surface area contributed by atoms with Crippen LogP contribution in [0.25, 0.3) is 0 Å². The second-order valence-electron chi connectivity index (χ2n) is 8.28. The quantitative estimate of drug-likeness (QED) is 0.773. The zero-order chi connectivity index (χ0) is 21.3. The summed E-state index contributed by atoms with van der Waals surface area (Å²) in [6, 6.07) is 7.57. The number of methoxy groups -OCH3 is 1. The van der Waals surface area contributed by atoms with E-state index in [1.165, 1.54) is 11.3 Å². The van der Waals surface area contributed by atoms with Gasteiger partial charge in [0.1, 0.15) is 0 Å². The van der Waals surface area contributed by atoms with Gasteiger partial charge in [-0.1, -0.05) is 37.5 Å². The first kappa shape index (κ1) is 21.0. The minimum Gasteiger partial charge on any atom is -0.383 e. The van der Waals surface area contributed by atoms with Gasteiger partial charge >= 0.3 is 0 Å². The number of aryl methyl sites for hydroxylation is 2. The number of anilines is 1. The highest BCUT2D eigenvalue weighted by Gasteiger charge is 2.54. The molecule has 4 rings (SSSR count). The lowest BCUT2D eigenvalue weighted by atomic mass is 9.65. The lowest BCUT2D eigenvalue weighted by Gasteiger charge is -2.53. The Morgan fingerprint density at radius 3 is 2.67 bits per heavy atom. The lowest BCUT2D eigenvalue weighted by molar-refractivity contribution is -0.122. The Kier molecular flexibility index (Phi) is 5.93. The van der Waals surface area contributed by atoms with Crippen molar-refractivity contribution in [1.82, 2.24) is 9.88 Å². The second-order valence-corrected chi connectivity index (χ2v) is 9.49. The van der Waals surface area contributed by atoms with Gasteiger partial charge < -0.3 is 15.0 Å². The van der Waals surface area contributed by atoms with Crippen molar-refractivity contribution in [1.29, 1.82) is 0 Å². The zero-order valence-corrected chi connectivity index (χ0v) is 18.7. The molecule has 1 aliphatic heterocycles. The highest BCUT2D eigenvalue weighted by atomic mass is 32.1. The maximum atomic E-state index is 13.7. The third kappa shape index (κ3) is 3.54. The molecular formula is C23H29N3O3S. The number of ether oxygens (including phenoxy) is 1. The largest absolute Gasteiger partial charge is 0.383 e. The number of carbonyl (C=O) groups is 2. The fourth-order valence-electron chi connectivity index (χ4n) is 5.05. The van der Waals surface area contributed by atoms with Crippen LogP contribution in [0.4, 0.5) is 5.13 Å². The van der Waals surface area contributed by atoms with Crippen LogP contribution in [0.2, 0.25) is 0 Å². The van der Waals surface area contributed by atoms with Crippen LogP contribution in [-0.4, -0.2) is 47.5 Å². The Morgan fingerprint density at radius 2 is 2.00 bits per heavy atom. The molecule has 1 saturated carbocycles. The van der Waals surface area contributed by atoms with Gasteiger partial charge in [-0.05, 0) is 38.3 Å². The van der Waals surface area contributed by atoms with Gasteiger partial charge in [0.15, 0.2) is 5.13 Å². The molecule has 1 unspecified atom stereocenters. The maximum absolute atomic E-state index is 13.7. The number of rotatable bonds is 5. The van der Waals surface area contributed by atoms with Gasteiger partial charge in [-0.15, -0.1) is 11.3 Å². The molecule has 160 valence electrons. The van der Waals surface area contributed by atoms with Crippen molar-refractivity contribution in [2.75, 3.05) is 25.6 Å². The van der Waals surface area contributed by atoms with Crippen molar-refractivity contribution < 1.29 is 14.3 Å². The summed E-state index contributed by atoms with van der Waals surface area (Å²) in [5.41, 5.74) is 1.87. The van der Waals surface area contributed by atoms with E-state index in [0.717, 1.165) is 48.2 Å². The molecule has 1 N–H and O–H groups in total. The van der Waals surface area contributed by atoms with Crippen LogP contribution in [0.5, 0.6) is 0 Å². The molecular weight excluding hydrogens is 398 g/mol. The van der Waals surface area contributed by atoms with E-state index in [-0.39, 0.29) is 11.8 Å². The van der Waals surface area contributed by atoms with Crippen molar-refractivity contribution in [3.63, 3.8) is 0 Å². The molecule has 1 aromatic heterocycles. The SMILES string of the molecule is COCCN1C(=O)c2ccccc2C(C(=O)Nc2nc(C)c(C)s2)C12CCCCC2. The average Bonchev–Trinajstić information content (AvgIpc) is 3.05. The molecule has 2 amide bonds. The molecule has 6 nitrogen and oxygen atoms in total. The number of benzene rings is 1. The number of carbonyl (C=O) groups excluding carboxylic acids is 2. The highest BCUT2D eigenvalue weighted by molar-refractivity contribution is 7.15. The van der Waals surface area contributed by atoms with E-state index in [1.807, 2.05) is 43.0 Å². The fourth-order valence-corrected chi connectivity index (χ4v) is 5.87. The Morgan fingerprint density at radius 1 is 1.27 bits per heavy atom. The predicted octanol–water partition coefficient (Wildman–Crippen LogP) is 4.29. The van der Waals surface area contributed by atoms with Crippen LogP contribution in [0, 0.1) is 13.8 Å². The minimum absolute atomic E-state index is 0.00883. The van der Waals surface area contributed by atoms with Crippen molar-refractivity contribution in [3.8, 4) is 0 Å². The first-order chi connectivity index (χ1) is 14.5.